The molecule has 17 heavy (non-hydrogen) atoms. The summed E-state index contributed by atoms with van der Waals surface area (Å²) in [6.45, 7) is 0.312. The van der Waals surface area contributed by atoms with Crippen LogP contribution >= 0.6 is 0 Å². The number of carbonyl (C=O) groups excluding carboxylic acids is 1. The van der Waals surface area contributed by atoms with Gasteiger partial charge in [-0.25, -0.2) is 0 Å². The van der Waals surface area contributed by atoms with Gasteiger partial charge in [0.05, 0.1) is 5.92 Å². The van der Waals surface area contributed by atoms with E-state index in [2.05, 4.69) is 5.32 Å². The highest BCUT2D eigenvalue weighted by atomic mass is 16.4. The van der Waals surface area contributed by atoms with Crippen molar-refractivity contribution in [1.82, 2.24) is 5.32 Å². The summed E-state index contributed by atoms with van der Waals surface area (Å²) < 4.78 is 0. The third-order valence-corrected chi connectivity index (χ3v) is 3.92. The summed E-state index contributed by atoms with van der Waals surface area (Å²) in [7, 11) is 0. The van der Waals surface area contributed by atoms with Crippen LogP contribution in [-0.4, -0.2) is 29.6 Å². The van der Waals surface area contributed by atoms with Crippen molar-refractivity contribution < 1.29 is 14.7 Å². The first-order valence-electron chi connectivity index (χ1n) is 6.03. The minimum atomic E-state index is -0.787. The van der Waals surface area contributed by atoms with Gasteiger partial charge in [0, 0.05) is 18.7 Å². The molecule has 0 aromatic heterocycles. The Balaban J connectivity index is 2.01. The lowest BCUT2D eigenvalue weighted by Gasteiger charge is -2.28. The monoisotopic (exact) mass is 238 g/mol. The van der Waals surface area contributed by atoms with E-state index in [0.29, 0.717) is 12.5 Å². The fourth-order valence-corrected chi connectivity index (χ4v) is 3.24. The maximum Gasteiger partial charge on any atom is 0.308 e. The molecule has 0 saturated heterocycles. The molecular weight excluding hydrogens is 220 g/mol. The Morgan fingerprint density at radius 2 is 2.06 bits per heavy atom. The van der Waals surface area contributed by atoms with E-state index in [4.69, 9.17) is 5.73 Å². The second kappa shape index (κ2) is 4.87. The van der Waals surface area contributed by atoms with Crippen molar-refractivity contribution in [2.24, 2.45) is 23.5 Å². The zero-order chi connectivity index (χ0) is 12.4. The molecule has 2 saturated carbocycles. The lowest BCUT2D eigenvalue weighted by Crippen LogP contribution is -2.46. The van der Waals surface area contributed by atoms with Crippen molar-refractivity contribution in [3.8, 4) is 0 Å². The molecule has 5 heteroatoms. The Labute approximate surface area is 100 Å². The van der Waals surface area contributed by atoms with E-state index < -0.39 is 11.9 Å². The predicted molar refractivity (Wildman–Crippen MR) is 62.1 cm³/mol. The number of carboxylic acids is 1. The molecule has 94 valence electrons. The Kier molecular flexibility index (Phi) is 3.47. The number of fused-ring (bicyclic) bond motifs is 2. The number of rotatable bonds is 4. The molecule has 2 bridgehead atoms. The number of nitrogens with one attached hydrogen (secondary N) is 1. The predicted octanol–water partition coefficient (Wildman–Crippen LogP) is 0.117. The van der Waals surface area contributed by atoms with Gasteiger partial charge >= 0.3 is 5.97 Å². The summed E-state index contributed by atoms with van der Waals surface area (Å²) in [6, 6.07) is -0.207. The van der Waals surface area contributed by atoms with Crippen molar-refractivity contribution in [1.29, 1.82) is 0 Å². The summed E-state index contributed by atoms with van der Waals surface area (Å²) in [5, 5.41) is 12.0. The van der Waals surface area contributed by atoms with Crippen LogP contribution in [0.4, 0.5) is 0 Å². The zero-order valence-corrected chi connectivity index (χ0v) is 9.63. The average Bonchev–Trinajstić information content (AvgIpc) is 2.86. The fourth-order valence-electron chi connectivity index (χ4n) is 3.24. The SMILES string of the molecule is NC/C=C/C(=O)NC1C2CCC(C2)C1C(=O)O. The van der Waals surface area contributed by atoms with Crippen LogP contribution in [0, 0.1) is 17.8 Å². The quantitative estimate of drug-likeness (QED) is 0.606. The third-order valence-electron chi connectivity index (χ3n) is 3.92. The number of hydrogen-bond acceptors (Lipinski definition) is 3. The van der Waals surface area contributed by atoms with Gasteiger partial charge in [-0.05, 0) is 31.1 Å². The van der Waals surface area contributed by atoms with Gasteiger partial charge in [-0.3, -0.25) is 9.59 Å². The molecule has 0 radical (unpaired) electrons. The summed E-state index contributed by atoms with van der Waals surface area (Å²) in [4.78, 5) is 22.8. The van der Waals surface area contributed by atoms with Crippen LogP contribution in [0.1, 0.15) is 19.3 Å². The minimum Gasteiger partial charge on any atom is -0.481 e. The molecule has 4 atom stereocenters. The number of hydrogen-bond donors (Lipinski definition) is 3. The maximum atomic E-state index is 11.6. The second-order valence-corrected chi connectivity index (χ2v) is 4.87. The van der Waals surface area contributed by atoms with Gasteiger partial charge in [0.25, 0.3) is 0 Å². The van der Waals surface area contributed by atoms with Gasteiger partial charge < -0.3 is 16.2 Å². The smallest absolute Gasteiger partial charge is 0.308 e. The van der Waals surface area contributed by atoms with Crippen molar-refractivity contribution in [2.75, 3.05) is 6.54 Å². The Morgan fingerprint density at radius 3 is 2.71 bits per heavy atom. The molecule has 0 spiro atoms. The Morgan fingerprint density at radius 1 is 1.35 bits per heavy atom. The van der Waals surface area contributed by atoms with Crippen molar-refractivity contribution >= 4 is 11.9 Å². The van der Waals surface area contributed by atoms with Crippen molar-refractivity contribution in [3.63, 3.8) is 0 Å². The Bertz CT molecular complexity index is 354. The highest BCUT2D eigenvalue weighted by molar-refractivity contribution is 5.88. The van der Waals surface area contributed by atoms with Gasteiger partial charge in [0.1, 0.15) is 0 Å². The molecule has 2 fully saturated rings. The first-order valence-corrected chi connectivity index (χ1v) is 6.03. The summed E-state index contributed by atoms with van der Waals surface area (Å²) >= 11 is 0. The van der Waals surface area contributed by atoms with E-state index >= 15 is 0 Å². The van der Waals surface area contributed by atoms with Gasteiger partial charge in [0.2, 0.25) is 5.91 Å². The first kappa shape index (κ1) is 12.1. The van der Waals surface area contributed by atoms with Gasteiger partial charge in [-0.2, -0.15) is 0 Å². The highest BCUT2D eigenvalue weighted by Crippen LogP contribution is 2.48. The van der Waals surface area contributed by atoms with Gasteiger partial charge in [-0.15, -0.1) is 0 Å². The highest BCUT2D eigenvalue weighted by Gasteiger charge is 2.51. The molecule has 0 heterocycles. The summed E-state index contributed by atoms with van der Waals surface area (Å²) in [5.74, 6) is -0.869. The summed E-state index contributed by atoms with van der Waals surface area (Å²) in [5.41, 5.74) is 5.26. The van der Waals surface area contributed by atoms with Gasteiger partial charge in [-0.1, -0.05) is 6.08 Å². The van der Waals surface area contributed by atoms with Gasteiger partial charge in [0.15, 0.2) is 0 Å². The first-order chi connectivity index (χ1) is 8.13. The lowest BCUT2D eigenvalue weighted by atomic mass is 9.84. The van der Waals surface area contributed by atoms with E-state index in [1.807, 2.05) is 0 Å². The molecule has 2 aliphatic carbocycles. The molecular formula is C12H18N2O3. The van der Waals surface area contributed by atoms with Crippen LogP contribution in [0.15, 0.2) is 12.2 Å². The molecule has 4 unspecified atom stereocenters. The molecule has 2 rings (SSSR count). The molecule has 2 aliphatic rings. The minimum absolute atomic E-state index is 0.207. The van der Waals surface area contributed by atoms with Crippen LogP contribution in [0.3, 0.4) is 0 Å². The molecule has 4 N–H and O–H groups in total. The van der Waals surface area contributed by atoms with E-state index in [9.17, 15) is 14.7 Å². The van der Waals surface area contributed by atoms with Crippen LogP contribution in [0.2, 0.25) is 0 Å². The van der Waals surface area contributed by atoms with Crippen molar-refractivity contribution in [3.05, 3.63) is 12.2 Å². The molecule has 5 nitrogen and oxygen atoms in total. The van der Waals surface area contributed by atoms with Crippen LogP contribution in [-0.2, 0) is 9.59 Å². The number of nitrogens with two attached hydrogens (primary N) is 1. The largest absolute Gasteiger partial charge is 0.481 e. The number of amides is 1. The molecule has 0 aliphatic heterocycles. The van der Waals surface area contributed by atoms with Crippen LogP contribution < -0.4 is 11.1 Å². The third kappa shape index (κ3) is 2.34. The molecule has 0 aromatic carbocycles. The number of aliphatic carboxylic acids is 1. The zero-order valence-electron chi connectivity index (χ0n) is 9.63. The van der Waals surface area contributed by atoms with E-state index in [0.717, 1.165) is 19.3 Å². The number of carboxylic acid groups (broad SMARTS) is 1. The maximum absolute atomic E-state index is 11.6. The van der Waals surface area contributed by atoms with Crippen LogP contribution in [0.25, 0.3) is 0 Å². The summed E-state index contributed by atoms with van der Waals surface area (Å²) in [6.07, 6.45) is 5.89. The number of carbonyl (C=O) groups is 2. The second-order valence-electron chi connectivity index (χ2n) is 4.87. The standard InChI is InChI=1S/C12H18N2O3/c13-5-1-2-9(15)14-11-8-4-3-7(6-8)10(11)12(16)17/h1-2,7-8,10-11H,3-6,13H2,(H,14,15)(H,16,17)/b2-1+. The normalized spacial score (nSPS) is 35.4. The van der Waals surface area contributed by atoms with Crippen molar-refractivity contribution in [2.45, 2.75) is 25.3 Å². The molecule has 1 amide bonds. The average molecular weight is 238 g/mol. The van der Waals surface area contributed by atoms with E-state index in [-0.39, 0.29) is 17.9 Å². The fraction of sp³-hybridized carbons (Fsp3) is 0.667. The molecule has 0 aromatic rings. The Hall–Kier alpha value is -1.36. The van der Waals surface area contributed by atoms with E-state index in [1.54, 1.807) is 6.08 Å². The lowest BCUT2D eigenvalue weighted by molar-refractivity contribution is -0.144. The van der Waals surface area contributed by atoms with Crippen LogP contribution in [0.5, 0.6) is 0 Å². The van der Waals surface area contributed by atoms with E-state index in [1.165, 1.54) is 6.08 Å². The topological polar surface area (TPSA) is 92.4 Å².